The van der Waals surface area contributed by atoms with Crippen LogP contribution in [0.4, 0.5) is 5.69 Å². The molecule has 1 unspecified atom stereocenters. The Morgan fingerprint density at radius 3 is 2.50 bits per heavy atom. The van der Waals surface area contributed by atoms with E-state index < -0.39 is 15.6 Å². The molecule has 0 bridgehead atoms. The smallest absolute Gasteiger partial charge is 0.243 e. The van der Waals surface area contributed by atoms with E-state index in [1.165, 1.54) is 16.4 Å². The number of hydrogen-bond donors (Lipinski definition) is 2. The fourth-order valence-corrected chi connectivity index (χ4v) is 3.76. The lowest BCUT2D eigenvalue weighted by molar-refractivity contribution is 0.00940. The van der Waals surface area contributed by atoms with Crippen molar-refractivity contribution in [1.29, 1.82) is 0 Å². The van der Waals surface area contributed by atoms with E-state index in [0.29, 0.717) is 25.1 Å². The van der Waals surface area contributed by atoms with Gasteiger partial charge in [0.15, 0.2) is 0 Å². The van der Waals surface area contributed by atoms with Gasteiger partial charge in [0.1, 0.15) is 0 Å². The standard InChI is InChI=1S/C12H18N2O3S/c1-12(15)7-2-8-14(9-12)18(16,17)11-5-3-10(13)4-6-11/h3-6,15H,2,7-9,13H2,1H3. The molecule has 1 heterocycles. The summed E-state index contributed by atoms with van der Waals surface area (Å²) in [6.45, 7) is 2.25. The number of piperidine rings is 1. The van der Waals surface area contributed by atoms with Crippen LogP contribution in [0.25, 0.3) is 0 Å². The Morgan fingerprint density at radius 2 is 1.94 bits per heavy atom. The summed E-state index contributed by atoms with van der Waals surface area (Å²) in [6.07, 6.45) is 1.29. The van der Waals surface area contributed by atoms with E-state index >= 15 is 0 Å². The van der Waals surface area contributed by atoms with E-state index in [4.69, 9.17) is 5.73 Å². The molecule has 0 spiro atoms. The molecule has 1 aromatic carbocycles. The van der Waals surface area contributed by atoms with E-state index in [0.717, 1.165) is 0 Å². The molecule has 0 amide bonds. The highest BCUT2D eigenvalue weighted by Gasteiger charge is 2.35. The van der Waals surface area contributed by atoms with Crippen molar-refractivity contribution < 1.29 is 13.5 Å². The number of β-amino-alcohol motifs (C(OH)–C–C–N with tert-alkyl or cyclic N) is 1. The van der Waals surface area contributed by atoms with Crippen molar-refractivity contribution in [2.75, 3.05) is 18.8 Å². The van der Waals surface area contributed by atoms with Crippen molar-refractivity contribution in [3.8, 4) is 0 Å². The van der Waals surface area contributed by atoms with Crippen LogP contribution < -0.4 is 5.73 Å². The van der Waals surface area contributed by atoms with Crippen LogP contribution >= 0.6 is 0 Å². The molecule has 3 N–H and O–H groups in total. The first-order valence-corrected chi connectivity index (χ1v) is 7.33. The Hall–Kier alpha value is -1.11. The van der Waals surface area contributed by atoms with E-state index in [1.54, 1.807) is 19.1 Å². The third-order valence-electron chi connectivity index (χ3n) is 3.16. The molecule has 1 aliphatic rings. The number of anilines is 1. The molecule has 1 fully saturated rings. The van der Waals surface area contributed by atoms with E-state index in [9.17, 15) is 13.5 Å². The van der Waals surface area contributed by atoms with Crippen LogP contribution in [0.1, 0.15) is 19.8 Å². The lowest BCUT2D eigenvalue weighted by Crippen LogP contribution is -2.48. The summed E-state index contributed by atoms with van der Waals surface area (Å²) in [6, 6.07) is 6.12. The predicted molar refractivity (Wildman–Crippen MR) is 69.5 cm³/mol. The molecule has 1 aliphatic heterocycles. The second-order valence-corrected chi connectivity index (χ2v) is 6.95. The average Bonchev–Trinajstić information content (AvgIpc) is 2.28. The molecule has 0 radical (unpaired) electrons. The summed E-state index contributed by atoms with van der Waals surface area (Å²) in [5.41, 5.74) is 5.13. The van der Waals surface area contributed by atoms with Crippen molar-refractivity contribution >= 4 is 15.7 Å². The molecule has 1 atom stereocenters. The SMILES string of the molecule is CC1(O)CCCN(S(=O)(=O)c2ccc(N)cc2)C1. The van der Waals surface area contributed by atoms with Crippen LogP contribution in [0.3, 0.4) is 0 Å². The molecule has 0 aliphatic carbocycles. The van der Waals surface area contributed by atoms with Crippen LogP contribution in [-0.2, 0) is 10.0 Å². The number of benzene rings is 1. The average molecular weight is 270 g/mol. The van der Waals surface area contributed by atoms with Gasteiger partial charge < -0.3 is 10.8 Å². The summed E-state index contributed by atoms with van der Waals surface area (Å²) < 4.78 is 26.1. The molecule has 2 rings (SSSR count). The lowest BCUT2D eigenvalue weighted by atomic mass is 9.97. The third-order valence-corrected chi connectivity index (χ3v) is 5.02. The molecule has 1 aromatic rings. The van der Waals surface area contributed by atoms with Crippen LogP contribution in [-0.4, -0.2) is 36.5 Å². The minimum absolute atomic E-state index is 0.139. The Kier molecular flexibility index (Phi) is 3.35. The van der Waals surface area contributed by atoms with Gasteiger partial charge in [-0.15, -0.1) is 0 Å². The molecule has 5 nitrogen and oxygen atoms in total. The molecule has 100 valence electrons. The van der Waals surface area contributed by atoms with Crippen LogP contribution in [0.2, 0.25) is 0 Å². The first kappa shape index (κ1) is 13.3. The maximum Gasteiger partial charge on any atom is 0.243 e. The Balaban J connectivity index is 2.28. The number of aliphatic hydroxyl groups is 1. The quantitative estimate of drug-likeness (QED) is 0.779. The van der Waals surface area contributed by atoms with Gasteiger partial charge in [0.2, 0.25) is 10.0 Å². The largest absolute Gasteiger partial charge is 0.399 e. The fourth-order valence-electron chi connectivity index (χ4n) is 2.17. The Morgan fingerprint density at radius 1 is 1.33 bits per heavy atom. The van der Waals surface area contributed by atoms with Gasteiger partial charge in [0.25, 0.3) is 0 Å². The second kappa shape index (κ2) is 4.53. The van der Waals surface area contributed by atoms with Crippen molar-refractivity contribution in [2.24, 2.45) is 0 Å². The van der Waals surface area contributed by atoms with Gasteiger partial charge in [0, 0.05) is 18.8 Å². The normalized spacial score (nSPS) is 26.1. The van der Waals surface area contributed by atoms with Gasteiger partial charge in [-0.3, -0.25) is 0 Å². The predicted octanol–water partition coefficient (Wildman–Crippen LogP) is 0.804. The second-order valence-electron chi connectivity index (χ2n) is 5.01. The monoisotopic (exact) mass is 270 g/mol. The van der Waals surface area contributed by atoms with E-state index in [2.05, 4.69) is 0 Å². The molecule has 6 heteroatoms. The van der Waals surface area contributed by atoms with Gasteiger partial charge in [-0.05, 0) is 44.0 Å². The van der Waals surface area contributed by atoms with Gasteiger partial charge >= 0.3 is 0 Å². The van der Waals surface area contributed by atoms with Gasteiger partial charge in [0.05, 0.1) is 10.5 Å². The molecular formula is C12H18N2O3S. The molecular weight excluding hydrogens is 252 g/mol. The highest BCUT2D eigenvalue weighted by Crippen LogP contribution is 2.26. The number of hydrogen-bond acceptors (Lipinski definition) is 4. The highest BCUT2D eigenvalue weighted by molar-refractivity contribution is 7.89. The molecule has 18 heavy (non-hydrogen) atoms. The maximum atomic E-state index is 12.4. The van der Waals surface area contributed by atoms with Gasteiger partial charge in [-0.1, -0.05) is 0 Å². The van der Waals surface area contributed by atoms with Crippen LogP contribution in [0, 0.1) is 0 Å². The van der Waals surface area contributed by atoms with E-state index in [1.807, 2.05) is 0 Å². The van der Waals surface area contributed by atoms with Crippen LogP contribution in [0.5, 0.6) is 0 Å². The van der Waals surface area contributed by atoms with Gasteiger partial charge in [-0.25, -0.2) is 8.42 Å². The molecule has 1 saturated heterocycles. The van der Waals surface area contributed by atoms with Crippen molar-refractivity contribution in [1.82, 2.24) is 4.31 Å². The molecule has 0 saturated carbocycles. The minimum Gasteiger partial charge on any atom is -0.399 e. The van der Waals surface area contributed by atoms with Crippen molar-refractivity contribution in [3.63, 3.8) is 0 Å². The number of nitrogens with zero attached hydrogens (tertiary/aromatic N) is 1. The zero-order chi connectivity index (χ0) is 13.4. The maximum absolute atomic E-state index is 12.4. The topological polar surface area (TPSA) is 83.6 Å². The lowest BCUT2D eigenvalue weighted by Gasteiger charge is -2.35. The molecule has 0 aromatic heterocycles. The number of nitrogen functional groups attached to an aromatic ring is 1. The number of sulfonamides is 1. The fraction of sp³-hybridized carbons (Fsp3) is 0.500. The van der Waals surface area contributed by atoms with E-state index in [-0.39, 0.29) is 11.4 Å². The summed E-state index contributed by atoms with van der Waals surface area (Å²) in [5, 5.41) is 9.97. The first-order chi connectivity index (χ1) is 8.31. The zero-order valence-corrected chi connectivity index (χ0v) is 11.2. The van der Waals surface area contributed by atoms with Gasteiger partial charge in [-0.2, -0.15) is 4.31 Å². The summed E-state index contributed by atoms with van der Waals surface area (Å²) in [7, 11) is -3.53. The minimum atomic E-state index is -3.53. The van der Waals surface area contributed by atoms with Crippen molar-refractivity contribution in [2.45, 2.75) is 30.3 Å². The third kappa shape index (κ3) is 2.66. The Bertz CT molecular complexity index is 523. The number of rotatable bonds is 2. The zero-order valence-electron chi connectivity index (χ0n) is 10.3. The highest BCUT2D eigenvalue weighted by atomic mass is 32.2. The summed E-state index contributed by atoms with van der Waals surface area (Å²) in [5.74, 6) is 0. The van der Waals surface area contributed by atoms with Crippen LogP contribution in [0.15, 0.2) is 29.2 Å². The summed E-state index contributed by atoms with van der Waals surface area (Å²) in [4.78, 5) is 0.217. The summed E-state index contributed by atoms with van der Waals surface area (Å²) >= 11 is 0. The number of nitrogens with two attached hydrogens (primary N) is 1. The first-order valence-electron chi connectivity index (χ1n) is 5.89. The Labute approximate surface area is 107 Å². The van der Waals surface area contributed by atoms with Crippen molar-refractivity contribution in [3.05, 3.63) is 24.3 Å².